The number of hydrogen-bond donors (Lipinski definition) is 2. The molecule has 0 saturated carbocycles. The molecule has 0 aromatic heterocycles. The Labute approximate surface area is 204 Å². The smallest absolute Gasteiger partial charge is 0.268 e. The summed E-state index contributed by atoms with van der Waals surface area (Å²) in [5.74, 6) is 1.51. The molecule has 0 aliphatic carbocycles. The highest BCUT2D eigenvalue weighted by atomic mass is 16.7. The summed E-state index contributed by atoms with van der Waals surface area (Å²) in [5.41, 5.74) is 2.17. The molecule has 7 nitrogen and oxygen atoms in total. The van der Waals surface area contributed by atoms with Crippen molar-refractivity contribution in [2.24, 2.45) is 5.92 Å². The van der Waals surface area contributed by atoms with Crippen molar-refractivity contribution in [1.82, 2.24) is 10.6 Å². The maximum Gasteiger partial charge on any atom is 0.268 e. The summed E-state index contributed by atoms with van der Waals surface area (Å²) in [6, 6.07) is 21.7. The minimum atomic E-state index is -0.406. The number of carbonyl (C=O) groups is 2. The van der Waals surface area contributed by atoms with Crippen molar-refractivity contribution >= 4 is 17.9 Å². The van der Waals surface area contributed by atoms with E-state index < -0.39 is 11.8 Å². The van der Waals surface area contributed by atoms with Crippen LogP contribution in [0, 0.1) is 5.92 Å². The number of carbonyl (C=O) groups excluding carboxylic acids is 2. The fraction of sp³-hybridized carbons (Fsp3) is 0.214. The van der Waals surface area contributed by atoms with E-state index in [1.165, 1.54) is 0 Å². The lowest BCUT2D eigenvalue weighted by Crippen LogP contribution is -2.34. The molecule has 0 unspecified atom stereocenters. The van der Waals surface area contributed by atoms with Crippen molar-refractivity contribution in [3.63, 3.8) is 0 Å². The summed E-state index contributed by atoms with van der Waals surface area (Å²) in [5, 5.41) is 5.62. The Kier molecular flexibility index (Phi) is 7.67. The third-order valence-electron chi connectivity index (χ3n) is 5.20. The van der Waals surface area contributed by atoms with Crippen LogP contribution in [0.3, 0.4) is 0 Å². The maximum atomic E-state index is 13.1. The van der Waals surface area contributed by atoms with Crippen LogP contribution in [0.2, 0.25) is 0 Å². The van der Waals surface area contributed by atoms with E-state index in [-0.39, 0.29) is 12.5 Å². The summed E-state index contributed by atoms with van der Waals surface area (Å²) < 4.78 is 16.5. The molecule has 4 rings (SSSR count). The topological polar surface area (TPSA) is 85.9 Å². The Morgan fingerprint density at radius 2 is 1.71 bits per heavy atom. The summed E-state index contributed by atoms with van der Waals surface area (Å²) in [6.07, 6.45) is 1.61. The van der Waals surface area contributed by atoms with Gasteiger partial charge in [-0.3, -0.25) is 9.59 Å². The van der Waals surface area contributed by atoms with Gasteiger partial charge >= 0.3 is 0 Å². The van der Waals surface area contributed by atoms with Crippen LogP contribution < -0.4 is 24.8 Å². The maximum absolute atomic E-state index is 13.1. The first-order valence-corrected chi connectivity index (χ1v) is 11.5. The van der Waals surface area contributed by atoms with Crippen LogP contribution in [-0.4, -0.2) is 25.2 Å². The monoisotopic (exact) mass is 472 g/mol. The molecule has 0 bridgehead atoms. The predicted molar refractivity (Wildman–Crippen MR) is 133 cm³/mol. The Balaban J connectivity index is 1.51. The van der Waals surface area contributed by atoms with E-state index in [1.54, 1.807) is 48.5 Å². The lowest BCUT2D eigenvalue weighted by Gasteiger charge is -2.12. The third-order valence-corrected chi connectivity index (χ3v) is 5.20. The van der Waals surface area contributed by atoms with Gasteiger partial charge in [-0.25, -0.2) is 0 Å². The van der Waals surface area contributed by atoms with Gasteiger partial charge in [0, 0.05) is 12.1 Å². The van der Waals surface area contributed by atoms with Gasteiger partial charge in [0.05, 0.1) is 6.61 Å². The van der Waals surface area contributed by atoms with Gasteiger partial charge in [0.2, 0.25) is 6.79 Å². The molecular formula is C28H28N2O5. The largest absolute Gasteiger partial charge is 0.493 e. The molecule has 0 fully saturated rings. The SMILES string of the molecule is CC(C)COc1ccc(C(=O)N/C(=C\c2ccc3c(c2)OCO3)C(=O)NCc2ccccc2)cc1. The number of rotatable bonds is 9. The number of hydrogen-bond acceptors (Lipinski definition) is 5. The molecular weight excluding hydrogens is 444 g/mol. The summed E-state index contributed by atoms with van der Waals surface area (Å²) in [6.45, 7) is 5.21. The molecule has 1 aliphatic heterocycles. The zero-order valence-corrected chi connectivity index (χ0v) is 19.7. The van der Waals surface area contributed by atoms with Crippen LogP contribution in [0.25, 0.3) is 6.08 Å². The molecule has 3 aromatic carbocycles. The minimum absolute atomic E-state index is 0.116. The summed E-state index contributed by atoms with van der Waals surface area (Å²) in [4.78, 5) is 26.0. The van der Waals surface area contributed by atoms with E-state index in [1.807, 2.05) is 30.3 Å². The standard InChI is InChI=1S/C28H28N2O5/c1-19(2)17-33-23-11-9-22(10-12-23)27(31)30-24(28(32)29-16-20-6-4-3-5-7-20)14-21-8-13-25-26(15-21)35-18-34-25/h3-15,19H,16-18H2,1-2H3,(H,29,32)(H,30,31)/b24-14-. The average Bonchev–Trinajstić information content (AvgIpc) is 3.34. The van der Waals surface area contributed by atoms with Gasteiger partial charge in [-0.1, -0.05) is 50.2 Å². The molecule has 0 saturated heterocycles. The van der Waals surface area contributed by atoms with Crippen LogP contribution in [-0.2, 0) is 11.3 Å². The van der Waals surface area contributed by atoms with Crippen molar-refractivity contribution in [2.75, 3.05) is 13.4 Å². The van der Waals surface area contributed by atoms with Gasteiger partial charge in [0.15, 0.2) is 11.5 Å². The van der Waals surface area contributed by atoms with Gasteiger partial charge in [0.1, 0.15) is 11.4 Å². The van der Waals surface area contributed by atoms with Crippen molar-refractivity contribution < 1.29 is 23.8 Å². The quantitative estimate of drug-likeness (QED) is 0.447. The zero-order chi connectivity index (χ0) is 24.6. The summed E-state index contributed by atoms with van der Waals surface area (Å²) >= 11 is 0. The number of nitrogens with one attached hydrogen (secondary N) is 2. The van der Waals surface area contributed by atoms with E-state index in [9.17, 15) is 9.59 Å². The lowest BCUT2D eigenvalue weighted by molar-refractivity contribution is -0.117. The second kappa shape index (κ2) is 11.2. The van der Waals surface area contributed by atoms with Crippen molar-refractivity contribution in [3.8, 4) is 17.2 Å². The second-order valence-electron chi connectivity index (χ2n) is 8.52. The Hall–Kier alpha value is -4.26. The fourth-order valence-corrected chi connectivity index (χ4v) is 3.36. The van der Waals surface area contributed by atoms with Crippen molar-refractivity contribution in [1.29, 1.82) is 0 Å². The first kappa shape index (κ1) is 23.9. The van der Waals surface area contributed by atoms with Gasteiger partial charge in [-0.15, -0.1) is 0 Å². The predicted octanol–water partition coefficient (Wildman–Crippen LogP) is 4.54. The Bertz CT molecular complexity index is 1200. The molecule has 2 N–H and O–H groups in total. The Morgan fingerprint density at radius 3 is 2.46 bits per heavy atom. The van der Waals surface area contributed by atoms with E-state index in [4.69, 9.17) is 14.2 Å². The second-order valence-corrected chi connectivity index (χ2v) is 8.52. The van der Waals surface area contributed by atoms with Gasteiger partial charge in [-0.2, -0.15) is 0 Å². The average molecular weight is 473 g/mol. The van der Waals surface area contributed by atoms with Gasteiger partial charge in [-0.05, 0) is 59.5 Å². The highest BCUT2D eigenvalue weighted by Gasteiger charge is 2.17. The van der Waals surface area contributed by atoms with E-state index in [0.29, 0.717) is 47.4 Å². The number of ether oxygens (including phenoxy) is 3. The Morgan fingerprint density at radius 1 is 0.971 bits per heavy atom. The molecule has 1 aliphatic rings. The van der Waals surface area contributed by atoms with Crippen molar-refractivity contribution in [3.05, 3.63) is 95.2 Å². The molecule has 1 heterocycles. The molecule has 180 valence electrons. The third kappa shape index (κ3) is 6.63. The number of amides is 2. The molecule has 3 aromatic rings. The zero-order valence-electron chi connectivity index (χ0n) is 19.7. The van der Waals surface area contributed by atoms with Crippen LogP contribution in [0.15, 0.2) is 78.5 Å². The number of fused-ring (bicyclic) bond motifs is 1. The molecule has 0 spiro atoms. The minimum Gasteiger partial charge on any atom is -0.493 e. The molecule has 35 heavy (non-hydrogen) atoms. The van der Waals surface area contributed by atoms with Gasteiger partial charge in [0.25, 0.3) is 11.8 Å². The molecule has 0 radical (unpaired) electrons. The van der Waals surface area contributed by atoms with E-state index >= 15 is 0 Å². The van der Waals surface area contributed by atoms with Crippen molar-refractivity contribution in [2.45, 2.75) is 20.4 Å². The normalized spacial score (nSPS) is 12.4. The highest BCUT2D eigenvalue weighted by molar-refractivity contribution is 6.05. The van der Waals surface area contributed by atoms with Crippen LogP contribution in [0.5, 0.6) is 17.2 Å². The molecule has 7 heteroatoms. The first-order valence-electron chi connectivity index (χ1n) is 11.5. The summed E-state index contributed by atoms with van der Waals surface area (Å²) in [7, 11) is 0. The lowest BCUT2D eigenvalue weighted by atomic mass is 10.1. The van der Waals surface area contributed by atoms with E-state index in [2.05, 4.69) is 24.5 Å². The van der Waals surface area contributed by atoms with Gasteiger partial charge < -0.3 is 24.8 Å². The van der Waals surface area contributed by atoms with Crippen LogP contribution in [0.1, 0.15) is 35.3 Å². The van der Waals surface area contributed by atoms with E-state index in [0.717, 1.165) is 5.56 Å². The fourth-order valence-electron chi connectivity index (χ4n) is 3.36. The first-order chi connectivity index (χ1) is 17.0. The molecule has 0 atom stereocenters. The molecule has 2 amide bonds. The highest BCUT2D eigenvalue weighted by Crippen LogP contribution is 2.33. The number of benzene rings is 3. The van der Waals surface area contributed by atoms with Crippen LogP contribution >= 0.6 is 0 Å². The van der Waals surface area contributed by atoms with Crippen LogP contribution in [0.4, 0.5) is 0 Å².